The number of nitrogens with two attached hydrogens (primary N) is 1. The number of carbonyl (C=O) groups excluding carboxylic acids is 7. The first kappa shape index (κ1) is 61.7. The number of cyclic esters (lactones) is 1. The third kappa shape index (κ3) is 12.2. The summed E-state index contributed by atoms with van der Waals surface area (Å²) in [7, 11) is 0. The molecule has 4 heterocycles. The first-order chi connectivity index (χ1) is 41.9. The first-order valence-corrected chi connectivity index (χ1v) is 29.5. The molecule has 6 aromatic rings. The van der Waals surface area contributed by atoms with Gasteiger partial charge in [-0.1, -0.05) is 75.4 Å². The van der Waals surface area contributed by atoms with Crippen LogP contribution in [0.3, 0.4) is 0 Å². The Morgan fingerprint density at radius 1 is 0.909 bits per heavy atom. The molecular formula is C65H72FN9O13. The lowest BCUT2D eigenvalue weighted by atomic mass is 9.81. The molecule has 10 rings (SSSR count). The molecule has 0 radical (unpaired) electrons. The second-order valence-corrected chi connectivity index (χ2v) is 23.9. The molecule has 4 aromatic carbocycles. The fourth-order valence-corrected chi connectivity index (χ4v) is 12.2. The fourth-order valence-electron chi connectivity index (χ4n) is 12.2. The zero-order chi connectivity index (χ0) is 63.1. The van der Waals surface area contributed by atoms with Crippen LogP contribution < -0.4 is 37.9 Å². The van der Waals surface area contributed by atoms with Crippen molar-refractivity contribution >= 4 is 58.7 Å². The van der Waals surface area contributed by atoms with Crippen molar-refractivity contribution in [1.82, 2.24) is 35.7 Å². The number of hydrogen-bond donors (Lipinski definition) is 7. The number of alkyl carbamates (subject to hydrolysis) is 2. The minimum absolute atomic E-state index is 0.0163. The highest BCUT2D eigenvalue weighted by molar-refractivity contribution is 5.99. The van der Waals surface area contributed by atoms with E-state index in [4.69, 9.17) is 29.7 Å². The van der Waals surface area contributed by atoms with E-state index in [9.17, 15) is 43.5 Å². The summed E-state index contributed by atoms with van der Waals surface area (Å²) in [5.74, 6) is -3.12. The number of anilines is 1. The van der Waals surface area contributed by atoms with E-state index in [0.29, 0.717) is 63.0 Å². The summed E-state index contributed by atoms with van der Waals surface area (Å²) in [6.45, 7) is 13.0. The summed E-state index contributed by atoms with van der Waals surface area (Å²) in [6.07, 6.45) is -2.20. The third-order valence-electron chi connectivity index (χ3n) is 16.7. The number of hydrogen-bond acceptors (Lipinski definition) is 14. The number of esters is 1. The quantitative estimate of drug-likeness (QED) is 0.0241. The Morgan fingerprint density at radius 2 is 1.61 bits per heavy atom. The molecule has 4 atom stereocenters. The highest BCUT2D eigenvalue weighted by Crippen LogP contribution is 2.47. The SMILES string of the molecule is CCN(Cc1cc(NC(=O)[C@H](CCCNC(N)=O)NC(=O)[C@@H](NC(=O)OC(C)(C)C)C(C)C)ccc1COC(=O)N[C@H]1CCc2c(C)c(F)cc3nc4c(c1c23)Cn1c-4cc2c(c1=O)COC(=O)[C@]2(O)CC)C(=O)OC1c2ccccc2-c2ccccc21. The van der Waals surface area contributed by atoms with Crippen LogP contribution in [0.5, 0.6) is 0 Å². The largest absolute Gasteiger partial charge is 0.458 e. The molecule has 0 saturated heterocycles. The minimum atomic E-state index is -2.08. The van der Waals surface area contributed by atoms with E-state index in [2.05, 4.69) is 26.6 Å². The van der Waals surface area contributed by atoms with Crippen LogP contribution in [0.25, 0.3) is 33.4 Å². The minimum Gasteiger partial charge on any atom is -0.458 e. The molecule has 462 valence electrons. The third-order valence-corrected chi connectivity index (χ3v) is 16.7. The summed E-state index contributed by atoms with van der Waals surface area (Å²) >= 11 is 0. The normalized spacial score (nSPS) is 16.8. The van der Waals surface area contributed by atoms with Crippen LogP contribution in [0.1, 0.15) is 142 Å². The number of urea groups is 1. The Bertz CT molecular complexity index is 3850. The number of benzene rings is 4. The Hall–Kier alpha value is -9.38. The van der Waals surface area contributed by atoms with E-state index in [1.165, 1.54) is 15.5 Å². The number of aliphatic hydroxyl groups is 1. The van der Waals surface area contributed by atoms with Crippen LogP contribution in [-0.4, -0.2) is 92.4 Å². The van der Waals surface area contributed by atoms with Crippen LogP contribution in [0, 0.1) is 18.7 Å². The Balaban J connectivity index is 0.942. The molecule has 2 aromatic heterocycles. The van der Waals surface area contributed by atoms with E-state index >= 15 is 4.39 Å². The van der Waals surface area contributed by atoms with Crippen molar-refractivity contribution in [3.05, 3.63) is 151 Å². The second kappa shape index (κ2) is 24.8. The molecule has 7 amide bonds. The number of rotatable bonds is 18. The van der Waals surface area contributed by atoms with Crippen LogP contribution in [0.2, 0.25) is 0 Å². The number of nitrogens with one attached hydrogen (secondary N) is 5. The number of aromatic nitrogens is 2. The maximum atomic E-state index is 15.7. The van der Waals surface area contributed by atoms with Gasteiger partial charge in [-0.25, -0.2) is 33.3 Å². The number of nitrogens with zero attached hydrogens (tertiary/aromatic N) is 3. The number of primary amides is 1. The fraction of sp³-hybridized carbons (Fsp3) is 0.400. The molecule has 22 nitrogen and oxygen atoms in total. The number of halogens is 1. The van der Waals surface area contributed by atoms with Crippen molar-refractivity contribution in [1.29, 1.82) is 0 Å². The first-order valence-electron chi connectivity index (χ1n) is 29.5. The van der Waals surface area contributed by atoms with E-state index in [1.54, 1.807) is 79.7 Å². The van der Waals surface area contributed by atoms with Crippen molar-refractivity contribution < 1.29 is 62.0 Å². The molecule has 0 fully saturated rings. The topological polar surface area (TPSA) is 301 Å². The summed E-state index contributed by atoms with van der Waals surface area (Å²) in [6, 6.07) is 19.3. The van der Waals surface area contributed by atoms with Gasteiger partial charge in [-0.2, -0.15) is 0 Å². The van der Waals surface area contributed by atoms with Gasteiger partial charge in [-0.3, -0.25) is 14.4 Å². The standard InChI is InChI=1S/C65H72FN9O13/c1-9-65(84)45-27-50-54-43(30-75(50)58(78)44(45)32-85-59(65)79)52-47(24-23-38-34(5)46(66)28-49(70-54)51(38)52)72-61(81)86-31-35-21-22-37(26-36(35)29-74(10-2)63(83)87-55-41-18-13-11-16-39(41)40-17-12-14-19-42(40)55)69-56(76)48(20-15-25-68-60(67)80)71-57(77)53(33(3)4)73-62(82)88-64(6,7)8/h11-14,16-19,21-22,26-28,33,47-48,53,55,84H,9-10,15,20,23-25,29-32H2,1-8H3,(H,69,76)(H,71,77)(H,72,81)(H,73,82)(H3,67,68,80)/t47-,48-,53-,65-/m0/s1. The van der Waals surface area contributed by atoms with Crippen LogP contribution in [0.4, 0.5) is 29.3 Å². The molecule has 2 aliphatic carbocycles. The van der Waals surface area contributed by atoms with E-state index in [-0.39, 0.29) is 81.0 Å². The average Bonchev–Trinajstić information content (AvgIpc) is 1.43. The zero-order valence-corrected chi connectivity index (χ0v) is 50.3. The lowest BCUT2D eigenvalue weighted by Crippen LogP contribution is -2.55. The van der Waals surface area contributed by atoms with Gasteiger partial charge in [0.05, 0.1) is 35.1 Å². The lowest BCUT2D eigenvalue weighted by Gasteiger charge is -2.31. The molecule has 0 spiro atoms. The highest BCUT2D eigenvalue weighted by atomic mass is 19.1. The van der Waals surface area contributed by atoms with Crippen molar-refractivity contribution in [3.63, 3.8) is 0 Å². The Labute approximate surface area is 507 Å². The molecule has 23 heteroatoms. The van der Waals surface area contributed by atoms with Gasteiger partial charge in [0.25, 0.3) is 5.56 Å². The van der Waals surface area contributed by atoms with Crippen molar-refractivity contribution in [3.8, 4) is 22.5 Å². The van der Waals surface area contributed by atoms with Gasteiger partial charge in [0.2, 0.25) is 11.8 Å². The lowest BCUT2D eigenvalue weighted by molar-refractivity contribution is -0.172. The Kier molecular flexibility index (Phi) is 17.4. The van der Waals surface area contributed by atoms with Crippen molar-refractivity contribution in [2.45, 2.75) is 149 Å². The van der Waals surface area contributed by atoms with Gasteiger partial charge >= 0.3 is 30.3 Å². The predicted molar refractivity (Wildman–Crippen MR) is 322 cm³/mol. The molecule has 0 bridgehead atoms. The van der Waals surface area contributed by atoms with Crippen molar-refractivity contribution in [2.75, 3.05) is 18.4 Å². The molecule has 8 N–H and O–H groups in total. The number of aryl methyl sites for hydroxylation is 1. The smallest absolute Gasteiger partial charge is 0.411 e. The summed E-state index contributed by atoms with van der Waals surface area (Å²) in [5, 5.41) is 26.0. The molecule has 0 unspecified atom stereocenters. The number of carbonyl (C=O) groups is 7. The predicted octanol–water partition coefficient (Wildman–Crippen LogP) is 8.59. The van der Waals surface area contributed by atoms with E-state index < -0.39 is 94.8 Å². The van der Waals surface area contributed by atoms with Crippen LogP contribution in [-0.2, 0) is 71.7 Å². The zero-order valence-electron chi connectivity index (χ0n) is 50.3. The highest BCUT2D eigenvalue weighted by Gasteiger charge is 2.46. The van der Waals surface area contributed by atoms with Crippen LogP contribution >= 0.6 is 0 Å². The van der Waals surface area contributed by atoms with Crippen molar-refractivity contribution in [2.24, 2.45) is 11.7 Å². The molecular weight excluding hydrogens is 1130 g/mol. The second-order valence-electron chi connectivity index (χ2n) is 23.9. The molecule has 0 saturated carbocycles. The van der Waals surface area contributed by atoms with Gasteiger partial charge in [-0.05, 0) is 130 Å². The van der Waals surface area contributed by atoms with Gasteiger partial charge in [0.15, 0.2) is 11.7 Å². The number of pyridine rings is 2. The molecule has 2 aliphatic heterocycles. The van der Waals surface area contributed by atoms with Gasteiger partial charge in [0.1, 0.15) is 36.7 Å². The maximum absolute atomic E-state index is 15.7. The molecule has 88 heavy (non-hydrogen) atoms. The van der Waals surface area contributed by atoms with Crippen LogP contribution in [0.15, 0.2) is 83.7 Å². The number of ether oxygens (including phenoxy) is 4. The van der Waals surface area contributed by atoms with Gasteiger partial charge in [-0.15, -0.1) is 0 Å². The Morgan fingerprint density at radius 3 is 2.27 bits per heavy atom. The summed E-state index contributed by atoms with van der Waals surface area (Å²) < 4.78 is 40.3. The maximum Gasteiger partial charge on any atom is 0.411 e. The monoisotopic (exact) mass is 1210 g/mol. The van der Waals surface area contributed by atoms with Gasteiger partial charge < -0.3 is 65.8 Å². The van der Waals surface area contributed by atoms with E-state index in [0.717, 1.165) is 22.3 Å². The number of amides is 7. The van der Waals surface area contributed by atoms with Gasteiger partial charge in [0, 0.05) is 59.0 Å². The summed E-state index contributed by atoms with van der Waals surface area (Å²) in [5.41, 5.74) is 10.0. The molecule has 4 aliphatic rings. The van der Waals surface area contributed by atoms with E-state index in [1.807, 2.05) is 48.5 Å². The summed E-state index contributed by atoms with van der Waals surface area (Å²) in [4.78, 5) is 115. The average molecular weight is 1210 g/mol. The number of fused-ring (bicyclic) bond motifs is 8.